The molecule has 0 aromatic rings. The lowest BCUT2D eigenvalue weighted by atomic mass is 10.2. The maximum atomic E-state index is 10.8. The minimum atomic E-state index is -0.390. The molecule has 0 aliphatic rings. The fourth-order valence-electron chi connectivity index (χ4n) is 0.636. The number of hydrogen-bond acceptors (Lipinski definition) is 3. The second-order valence-electron chi connectivity index (χ2n) is 2.01. The summed E-state index contributed by atoms with van der Waals surface area (Å²) in [6.45, 7) is 3.84. The third kappa shape index (κ3) is 5.43. The topological polar surface area (TPSA) is 52.3 Å². The Balaban J connectivity index is 3.63. The number of nitrogens with two attached hydrogens (primary N) is 1. The summed E-state index contributed by atoms with van der Waals surface area (Å²) in [6, 6.07) is -0.390. The minimum absolute atomic E-state index is 0.175. The summed E-state index contributed by atoms with van der Waals surface area (Å²) in [5, 5.41) is 0. The third-order valence-electron chi connectivity index (χ3n) is 1.02. The molecular formula is C8H13NO2. The van der Waals surface area contributed by atoms with Gasteiger partial charge >= 0.3 is 5.97 Å². The summed E-state index contributed by atoms with van der Waals surface area (Å²) in [6.07, 6.45) is 0.175. The van der Waals surface area contributed by atoms with Crippen LogP contribution in [0.1, 0.15) is 20.3 Å². The molecule has 0 aromatic carbocycles. The Kier molecular flexibility index (Phi) is 5.22. The number of esters is 1. The maximum absolute atomic E-state index is 10.8. The van der Waals surface area contributed by atoms with E-state index >= 15 is 0 Å². The molecule has 0 aliphatic heterocycles. The van der Waals surface area contributed by atoms with E-state index in [2.05, 4.69) is 16.6 Å². The van der Waals surface area contributed by atoms with Crippen LogP contribution in [0, 0.1) is 11.8 Å². The molecule has 0 saturated carbocycles. The number of ether oxygens (including phenoxy) is 1. The molecule has 0 saturated heterocycles. The van der Waals surface area contributed by atoms with Crippen LogP contribution in [0.5, 0.6) is 0 Å². The number of hydrogen-bond donors (Lipinski definition) is 1. The Morgan fingerprint density at radius 3 is 2.82 bits per heavy atom. The predicted octanol–water partition coefficient (Wildman–Crippen LogP) is 0.290. The van der Waals surface area contributed by atoms with Gasteiger partial charge in [0.2, 0.25) is 0 Å². The summed E-state index contributed by atoms with van der Waals surface area (Å²) in [4.78, 5) is 10.8. The van der Waals surface area contributed by atoms with E-state index in [0.717, 1.165) is 0 Å². The Labute approximate surface area is 66.9 Å². The highest BCUT2D eigenvalue weighted by atomic mass is 16.5. The van der Waals surface area contributed by atoms with Gasteiger partial charge in [-0.25, -0.2) is 0 Å². The third-order valence-corrected chi connectivity index (χ3v) is 1.02. The average Bonchev–Trinajstić information content (AvgIpc) is 1.87. The van der Waals surface area contributed by atoms with E-state index in [9.17, 15) is 4.79 Å². The molecule has 0 radical (unpaired) electrons. The molecule has 0 unspecified atom stereocenters. The largest absolute Gasteiger partial charge is 0.466 e. The number of carbonyl (C=O) groups excluding carboxylic acids is 1. The molecule has 11 heavy (non-hydrogen) atoms. The van der Waals surface area contributed by atoms with Crippen molar-refractivity contribution in [2.75, 3.05) is 6.61 Å². The number of rotatable bonds is 3. The summed E-state index contributed by atoms with van der Waals surface area (Å²) in [5.74, 6) is 5.00. The maximum Gasteiger partial charge on any atom is 0.308 e. The van der Waals surface area contributed by atoms with Crippen molar-refractivity contribution in [3.63, 3.8) is 0 Å². The lowest BCUT2D eigenvalue weighted by molar-refractivity contribution is -0.143. The molecule has 0 aromatic heterocycles. The molecule has 0 bridgehead atoms. The fraction of sp³-hybridized carbons (Fsp3) is 0.625. The van der Waals surface area contributed by atoms with Crippen LogP contribution in [0.2, 0.25) is 0 Å². The first-order valence-electron chi connectivity index (χ1n) is 3.54. The van der Waals surface area contributed by atoms with E-state index in [1.165, 1.54) is 0 Å². The van der Waals surface area contributed by atoms with E-state index < -0.39 is 0 Å². The molecule has 0 aliphatic carbocycles. The molecule has 0 spiro atoms. The zero-order valence-corrected chi connectivity index (χ0v) is 6.89. The molecule has 2 N–H and O–H groups in total. The van der Waals surface area contributed by atoms with Gasteiger partial charge in [-0.1, -0.05) is 5.92 Å². The monoisotopic (exact) mass is 155 g/mol. The lowest BCUT2D eigenvalue weighted by Crippen LogP contribution is -2.23. The van der Waals surface area contributed by atoms with Crippen molar-refractivity contribution in [2.24, 2.45) is 5.73 Å². The highest BCUT2D eigenvalue weighted by Gasteiger charge is 2.06. The van der Waals surface area contributed by atoms with Crippen LogP contribution < -0.4 is 5.73 Å². The molecule has 3 heteroatoms. The normalized spacial score (nSPS) is 11.2. The van der Waals surface area contributed by atoms with E-state index in [-0.39, 0.29) is 18.4 Å². The van der Waals surface area contributed by atoms with Crippen molar-refractivity contribution in [2.45, 2.75) is 26.3 Å². The Morgan fingerprint density at radius 2 is 2.36 bits per heavy atom. The lowest BCUT2D eigenvalue weighted by Gasteiger charge is -2.02. The van der Waals surface area contributed by atoms with Gasteiger partial charge in [0.1, 0.15) is 0 Å². The average molecular weight is 155 g/mol. The van der Waals surface area contributed by atoms with E-state index in [4.69, 9.17) is 5.73 Å². The molecule has 0 heterocycles. The second-order valence-corrected chi connectivity index (χ2v) is 2.01. The van der Waals surface area contributed by atoms with Gasteiger partial charge in [-0.05, 0) is 13.8 Å². The van der Waals surface area contributed by atoms with Gasteiger partial charge in [-0.3, -0.25) is 4.79 Å². The first kappa shape index (κ1) is 9.99. The smallest absolute Gasteiger partial charge is 0.308 e. The first-order valence-corrected chi connectivity index (χ1v) is 3.54. The van der Waals surface area contributed by atoms with Gasteiger partial charge in [0.15, 0.2) is 0 Å². The highest BCUT2D eigenvalue weighted by Crippen LogP contribution is 1.89. The highest BCUT2D eigenvalue weighted by molar-refractivity contribution is 5.70. The zero-order chi connectivity index (χ0) is 8.69. The molecule has 62 valence electrons. The van der Waals surface area contributed by atoms with Crippen LogP contribution in [0.15, 0.2) is 0 Å². The Hall–Kier alpha value is -1.01. The second kappa shape index (κ2) is 5.75. The summed E-state index contributed by atoms with van der Waals surface area (Å²) >= 11 is 0. The van der Waals surface area contributed by atoms with Gasteiger partial charge in [-0.2, -0.15) is 0 Å². The fourth-order valence-corrected chi connectivity index (χ4v) is 0.636. The van der Waals surface area contributed by atoms with Crippen LogP contribution in [-0.4, -0.2) is 18.6 Å². The summed E-state index contributed by atoms with van der Waals surface area (Å²) in [5.41, 5.74) is 5.44. The van der Waals surface area contributed by atoms with Crippen LogP contribution in [0.4, 0.5) is 0 Å². The quantitative estimate of drug-likeness (QED) is 0.471. The van der Waals surface area contributed by atoms with Crippen LogP contribution in [0.3, 0.4) is 0 Å². The standard InChI is InChI=1S/C8H13NO2/c1-3-5-7(9)6-8(10)11-4-2/h7H,4,6,9H2,1-2H3/t7-/m1/s1. The van der Waals surface area contributed by atoms with Gasteiger partial charge in [-0.15, -0.1) is 5.92 Å². The molecule has 0 fully saturated rings. The van der Waals surface area contributed by atoms with Crippen molar-refractivity contribution >= 4 is 5.97 Å². The van der Waals surface area contributed by atoms with Crippen LogP contribution in [0.25, 0.3) is 0 Å². The molecule has 0 amide bonds. The van der Waals surface area contributed by atoms with E-state index in [1.54, 1.807) is 13.8 Å². The predicted molar refractivity (Wildman–Crippen MR) is 42.7 cm³/mol. The van der Waals surface area contributed by atoms with Gasteiger partial charge in [0.05, 0.1) is 19.1 Å². The summed E-state index contributed by atoms with van der Waals surface area (Å²) in [7, 11) is 0. The van der Waals surface area contributed by atoms with E-state index in [1.807, 2.05) is 0 Å². The molecule has 1 atom stereocenters. The number of carbonyl (C=O) groups is 1. The molecule has 3 nitrogen and oxygen atoms in total. The van der Waals surface area contributed by atoms with Crippen molar-refractivity contribution in [1.29, 1.82) is 0 Å². The van der Waals surface area contributed by atoms with Gasteiger partial charge in [0.25, 0.3) is 0 Å². The van der Waals surface area contributed by atoms with Crippen LogP contribution >= 0.6 is 0 Å². The molecular weight excluding hydrogens is 142 g/mol. The summed E-state index contributed by atoms with van der Waals surface area (Å²) < 4.78 is 4.67. The van der Waals surface area contributed by atoms with Crippen molar-refractivity contribution in [3.05, 3.63) is 0 Å². The van der Waals surface area contributed by atoms with Gasteiger partial charge < -0.3 is 10.5 Å². The van der Waals surface area contributed by atoms with Gasteiger partial charge in [0, 0.05) is 0 Å². The van der Waals surface area contributed by atoms with Crippen molar-refractivity contribution in [1.82, 2.24) is 0 Å². The minimum Gasteiger partial charge on any atom is -0.466 e. The Morgan fingerprint density at radius 1 is 1.73 bits per heavy atom. The SMILES string of the molecule is CC#C[C@@H](N)CC(=O)OCC. The van der Waals surface area contributed by atoms with Crippen LogP contribution in [-0.2, 0) is 9.53 Å². The zero-order valence-electron chi connectivity index (χ0n) is 6.89. The van der Waals surface area contributed by atoms with Crippen molar-refractivity contribution in [3.8, 4) is 11.8 Å². The van der Waals surface area contributed by atoms with Crippen molar-refractivity contribution < 1.29 is 9.53 Å². The molecule has 0 rings (SSSR count). The van der Waals surface area contributed by atoms with E-state index in [0.29, 0.717) is 6.61 Å². The Bertz CT molecular complexity index is 178. The first-order chi connectivity index (χ1) is 5.20.